The zero-order valence-electron chi connectivity index (χ0n) is 13.5. The first-order chi connectivity index (χ1) is 10.8. The number of carbonyl (C=O) groups is 1. The number of amides is 1. The van der Waals surface area contributed by atoms with E-state index < -0.39 is 0 Å². The van der Waals surface area contributed by atoms with Crippen molar-refractivity contribution in [2.24, 2.45) is 0 Å². The van der Waals surface area contributed by atoms with Crippen LogP contribution in [0.25, 0.3) is 0 Å². The zero-order valence-corrected chi connectivity index (χ0v) is 16.0. The van der Waals surface area contributed by atoms with Gasteiger partial charge in [-0.25, -0.2) is 0 Å². The summed E-state index contributed by atoms with van der Waals surface area (Å²) in [6.45, 7) is 3.82. The van der Waals surface area contributed by atoms with Crippen LogP contribution in [0.5, 0.6) is 0 Å². The lowest BCUT2D eigenvalue weighted by Gasteiger charge is -2.08. The molecule has 1 aromatic carbocycles. The number of pyridine rings is 1. The molecule has 7 heteroatoms. The number of benzene rings is 1. The molecule has 0 bridgehead atoms. The topological polar surface area (TPSA) is 54.0 Å². The van der Waals surface area contributed by atoms with Crippen LogP contribution in [0.15, 0.2) is 48.7 Å². The van der Waals surface area contributed by atoms with E-state index in [-0.39, 0.29) is 30.7 Å². The predicted molar refractivity (Wildman–Crippen MR) is 107 cm³/mol. The Balaban J connectivity index is 0.00000264. The Hall–Kier alpha value is -1.27. The van der Waals surface area contributed by atoms with Crippen LogP contribution in [0.4, 0.5) is 5.69 Å². The molecule has 0 unspecified atom stereocenters. The molecule has 2 N–H and O–H groups in total. The second-order valence-corrected chi connectivity index (χ2v) is 5.83. The maximum atomic E-state index is 12.0. The lowest BCUT2D eigenvalue weighted by Crippen LogP contribution is -2.15. The maximum Gasteiger partial charge on any atom is 0.234 e. The standard InChI is InChI=1S/C17H21N3OS.2ClH/c1-2-18-11-14-6-5-8-15(10-14)20-17(21)13-22-12-16-7-3-4-9-19-16;;/h3-10,18H,2,11-13H2,1H3,(H,20,21);2*1H. The highest BCUT2D eigenvalue weighted by molar-refractivity contribution is 7.99. The van der Waals surface area contributed by atoms with Crippen LogP contribution in [-0.4, -0.2) is 23.2 Å². The van der Waals surface area contributed by atoms with Crippen LogP contribution in [0, 0.1) is 0 Å². The van der Waals surface area contributed by atoms with Crippen molar-refractivity contribution in [3.05, 3.63) is 59.9 Å². The Kier molecular flexibility index (Phi) is 12.4. The molecule has 0 aliphatic heterocycles. The Morgan fingerprint density at radius 2 is 2.00 bits per heavy atom. The molecule has 0 fully saturated rings. The van der Waals surface area contributed by atoms with Crippen LogP contribution in [-0.2, 0) is 17.1 Å². The summed E-state index contributed by atoms with van der Waals surface area (Å²) in [5, 5.41) is 6.21. The number of hydrogen-bond donors (Lipinski definition) is 2. The SMILES string of the molecule is CCNCc1cccc(NC(=O)CSCc2ccccn2)c1.Cl.Cl. The minimum absolute atomic E-state index is 0. The highest BCUT2D eigenvalue weighted by Gasteiger charge is 2.04. The van der Waals surface area contributed by atoms with Gasteiger partial charge in [0, 0.05) is 24.2 Å². The number of hydrogen-bond acceptors (Lipinski definition) is 4. The van der Waals surface area contributed by atoms with E-state index in [1.54, 1.807) is 18.0 Å². The monoisotopic (exact) mass is 387 g/mol. The van der Waals surface area contributed by atoms with Gasteiger partial charge in [-0.1, -0.05) is 25.1 Å². The van der Waals surface area contributed by atoms with Gasteiger partial charge < -0.3 is 10.6 Å². The van der Waals surface area contributed by atoms with Gasteiger partial charge in [0.05, 0.1) is 11.4 Å². The minimum atomic E-state index is 0. The number of aromatic nitrogens is 1. The van der Waals surface area contributed by atoms with Gasteiger partial charge in [0.2, 0.25) is 5.91 Å². The van der Waals surface area contributed by atoms with Crippen LogP contribution in [0.2, 0.25) is 0 Å². The summed E-state index contributed by atoms with van der Waals surface area (Å²) in [6, 6.07) is 13.7. The van der Waals surface area contributed by atoms with E-state index in [2.05, 4.69) is 22.5 Å². The fourth-order valence-corrected chi connectivity index (χ4v) is 2.70. The first kappa shape index (κ1) is 22.7. The van der Waals surface area contributed by atoms with Crippen molar-refractivity contribution in [1.29, 1.82) is 0 Å². The number of halogens is 2. The average molecular weight is 388 g/mol. The van der Waals surface area contributed by atoms with Gasteiger partial charge in [-0.2, -0.15) is 0 Å². The van der Waals surface area contributed by atoms with E-state index >= 15 is 0 Å². The van der Waals surface area contributed by atoms with Crippen LogP contribution < -0.4 is 10.6 Å². The second kappa shape index (κ2) is 13.1. The number of nitrogens with one attached hydrogen (secondary N) is 2. The van der Waals surface area contributed by atoms with E-state index in [0.717, 1.165) is 30.2 Å². The molecule has 0 spiro atoms. The molecule has 0 aliphatic carbocycles. The van der Waals surface area contributed by atoms with E-state index in [4.69, 9.17) is 0 Å². The van der Waals surface area contributed by atoms with Gasteiger partial charge in [0.25, 0.3) is 0 Å². The van der Waals surface area contributed by atoms with Gasteiger partial charge in [-0.15, -0.1) is 36.6 Å². The van der Waals surface area contributed by atoms with Crippen LogP contribution >= 0.6 is 36.6 Å². The highest BCUT2D eigenvalue weighted by atomic mass is 35.5. The smallest absolute Gasteiger partial charge is 0.234 e. The average Bonchev–Trinajstić information content (AvgIpc) is 2.54. The van der Waals surface area contributed by atoms with E-state index in [0.29, 0.717) is 5.75 Å². The molecule has 1 heterocycles. The molecule has 0 atom stereocenters. The molecule has 2 aromatic rings. The molecule has 0 aliphatic rings. The zero-order chi connectivity index (χ0) is 15.6. The minimum Gasteiger partial charge on any atom is -0.325 e. The largest absolute Gasteiger partial charge is 0.325 e. The van der Waals surface area contributed by atoms with Crippen molar-refractivity contribution < 1.29 is 4.79 Å². The van der Waals surface area contributed by atoms with Gasteiger partial charge >= 0.3 is 0 Å². The van der Waals surface area contributed by atoms with E-state index in [1.165, 1.54) is 5.56 Å². The first-order valence-corrected chi connectivity index (χ1v) is 8.50. The Bertz CT molecular complexity index is 599. The normalized spacial score (nSPS) is 9.54. The summed E-state index contributed by atoms with van der Waals surface area (Å²) in [5.74, 6) is 1.18. The second-order valence-electron chi connectivity index (χ2n) is 4.84. The summed E-state index contributed by atoms with van der Waals surface area (Å²) >= 11 is 1.56. The predicted octanol–water partition coefficient (Wildman–Crippen LogP) is 3.91. The summed E-state index contributed by atoms with van der Waals surface area (Å²) < 4.78 is 0. The highest BCUT2D eigenvalue weighted by Crippen LogP contribution is 2.13. The molecule has 0 radical (unpaired) electrons. The fourth-order valence-electron chi connectivity index (χ4n) is 1.96. The van der Waals surface area contributed by atoms with E-state index in [9.17, 15) is 4.79 Å². The Morgan fingerprint density at radius 3 is 2.71 bits per heavy atom. The number of carbonyl (C=O) groups excluding carboxylic acids is 1. The maximum absolute atomic E-state index is 12.0. The molecule has 4 nitrogen and oxygen atoms in total. The van der Waals surface area contributed by atoms with Crippen molar-refractivity contribution in [2.45, 2.75) is 19.2 Å². The summed E-state index contributed by atoms with van der Waals surface area (Å²) in [5.41, 5.74) is 3.01. The molecule has 1 aromatic heterocycles. The quantitative estimate of drug-likeness (QED) is 0.720. The summed E-state index contributed by atoms with van der Waals surface area (Å²) in [4.78, 5) is 16.2. The lowest BCUT2D eigenvalue weighted by molar-refractivity contribution is -0.113. The third-order valence-corrected chi connectivity index (χ3v) is 3.97. The third-order valence-electron chi connectivity index (χ3n) is 3.00. The fraction of sp³-hybridized carbons (Fsp3) is 0.294. The molecule has 132 valence electrons. The summed E-state index contributed by atoms with van der Waals surface area (Å²) in [7, 11) is 0. The first-order valence-electron chi connectivity index (χ1n) is 7.35. The molecule has 1 amide bonds. The van der Waals surface area contributed by atoms with Crippen molar-refractivity contribution >= 4 is 48.2 Å². The Morgan fingerprint density at radius 1 is 1.17 bits per heavy atom. The summed E-state index contributed by atoms with van der Waals surface area (Å²) in [6.07, 6.45) is 1.77. The molecule has 2 rings (SSSR count). The van der Waals surface area contributed by atoms with Gasteiger partial charge in [-0.05, 0) is 36.4 Å². The van der Waals surface area contributed by atoms with Gasteiger partial charge in [0.1, 0.15) is 0 Å². The third kappa shape index (κ3) is 8.55. The van der Waals surface area contributed by atoms with Crippen molar-refractivity contribution in [3.8, 4) is 0 Å². The number of rotatable bonds is 8. The van der Waals surface area contributed by atoms with Crippen molar-refractivity contribution in [1.82, 2.24) is 10.3 Å². The van der Waals surface area contributed by atoms with Gasteiger partial charge in [0.15, 0.2) is 0 Å². The number of anilines is 1. The number of nitrogens with zero attached hydrogens (tertiary/aromatic N) is 1. The van der Waals surface area contributed by atoms with Crippen LogP contribution in [0.3, 0.4) is 0 Å². The van der Waals surface area contributed by atoms with Gasteiger partial charge in [-0.3, -0.25) is 9.78 Å². The van der Waals surface area contributed by atoms with Crippen molar-refractivity contribution in [3.63, 3.8) is 0 Å². The Labute approximate surface area is 160 Å². The molecule has 0 saturated heterocycles. The molecular weight excluding hydrogens is 365 g/mol. The van der Waals surface area contributed by atoms with Crippen molar-refractivity contribution in [2.75, 3.05) is 17.6 Å². The van der Waals surface area contributed by atoms with Crippen LogP contribution in [0.1, 0.15) is 18.2 Å². The molecule has 24 heavy (non-hydrogen) atoms. The number of thioether (sulfide) groups is 1. The lowest BCUT2D eigenvalue weighted by atomic mass is 10.2. The molecular formula is C17H23Cl2N3OS. The molecule has 0 saturated carbocycles. The van der Waals surface area contributed by atoms with E-state index in [1.807, 2.05) is 42.5 Å².